The Kier molecular flexibility index (Phi) is 7.48. The summed E-state index contributed by atoms with van der Waals surface area (Å²) >= 11 is 0. The van der Waals surface area contributed by atoms with Crippen LogP contribution in [0.1, 0.15) is 110 Å². The molecular weight excluding hydrogens is 256 g/mol. The van der Waals surface area contributed by atoms with Crippen molar-refractivity contribution in [3.05, 3.63) is 17.2 Å². The molecule has 0 atom stereocenters. The molecule has 0 aliphatic heterocycles. The van der Waals surface area contributed by atoms with Crippen molar-refractivity contribution in [1.29, 1.82) is 0 Å². The van der Waals surface area contributed by atoms with Crippen LogP contribution in [0.5, 0.6) is 0 Å². The number of nitrogens with one attached hydrogen (secondary N) is 1. The molecule has 1 heterocycles. The van der Waals surface area contributed by atoms with Crippen LogP contribution < -0.4 is 0 Å². The number of unbranched alkanes of at least 4 members (excludes halogenated alkanes) is 4. The Morgan fingerprint density at radius 3 is 2.19 bits per heavy atom. The molecule has 21 heavy (non-hydrogen) atoms. The maximum atomic E-state index is 5.00. The SMILES string of the molecule is CCCCCc1nc(C(C)(C)CCCCC)c(C(C)C)[nH]1. The molecule has 1 aromatic heterocycles. The van der Waals surface area contributed by atoms with Gasteiger partial charge in [-0.15, -0.1) is 0 Å². The standard InChI is InChI=1S/C19H36N2/c1-7-9-11-13-16-20-17(15(3)4)18(21-16)19(5,6)14-12-10-8-2/h15H,7-14H2,1-6H3,(H,20,21). The number of aromatic amines is 1. The number of aromatic nitrogens is 2. The number of H-pyrrole nitrogens is 1. The van der Waals surface area contributed by atoms with E-state index in [1.807, 2.05) is 0 Å². The largest absolute Gasteiger partial charge is 0.345 e. The third-order valence-electron chi connectivity index (χ3n) is 4.42. The highest BCUT2D eigenvalue weighted by Gasteiger charge is 2.28. The van der Waals surface area contributed by atoms with E-state index in [0.29, 0.717) is 5.92 Å². The smallest absolute Gasteiger partial charge is 0.106 e. The Balaban J connectivity index is 2.86. The van der Waals surface area contributed by atoms with E-state index in [1.165, 1.54) is 62.2 Å². The van der Waals surface area contributed by atoms with Crippen LogP contribution in [0.3, 0.4) is 0 Å². The minimum atomic E-state index is 0.189. The van der Waals surface area contributed by atoms with E-state index in [1.54, 1.807) is 0 Å². The third kappa shape index (κ3) is 5.48. The van der Waals surface area contributed by atoms with Crippen molar-refractivity contribution >= 4 is 0 Å². The Hall–Kier alpha value is -0.790. The first kappa shape index (κ1) is 18.3. The van der Waals surface area contributed by atoms with Crippen LogP contribution in [0.4, 0.5) is 0 Å². The summed E-state index contributed by atoms with van der Waals surface area (Å²) in [6, 6.07) is 0. The minimum Gasteiger partial charge on any atom is -0.345 e. The molecule has 0 radical (unpaired) electrons. The number of imidazole rings is 1. The molecule has 0 spiro atoms. The summed E-state index contributed by atoms with van der Waals surface area (Å²) in [5.74, 6) is 1.73. The Bertz CT molecular complexity index is 402. The van der Waals surface area contributed by atoms with Gasteiger partial charge in [0.2, 0.25) is 0 Å². The second-order valence-corrected chi connectivity index (χ2v) is 7.40. The Morgan fingerprint density at radius 2 is 1.62 bits per heavy atom. The molecule has 2 heteroatoms. The highest BCUT2D eigenvalue weighted by atomic mass is 14.9. The van der Waals surface area contributed by atoms with Crippen LogP contribution in [0.15, 0.2) is 0 Å². The number of nitrogens with zero attached hydrogens (tertiary/aromatic N) is 1. The molecule has 0 bridgehead atoms. The van der Waals surface area contributed by atoms with Gasteiger partial charge in [-0.1, -0.05) is 73.6 Å². The quantitative estimate of drug-likeness (QED) is 0.517. The van der Waals surface area contributed by atoms with Crippen molar-refractivity contribution in [3.63, 3.8) is 0 Å². The average Bonchev–Trinajstić information content (AvgIpc) is 2.84. The summed E-state index contributed by atoms with van der Waals surface area (Å²) in [7, 11) is 0. The Labute approximate surface area is 132 Å². The molecule has 1 N–H and O–H groups in total. The van der Waals surface area contributed by atoms with Crippen molar-refractivity contribution in [1.82, 2.24) is 9.97 Å². The molecule has 0 fully saturated rings. The van der Waals surface area contributed by atoms with Crippen molar-refractivity contribution < 1.29 is 0 Å². The fourth-order valence-corrected chi connectivity index (χ4v) is 2.97. The van der Waals surface area contributed by atoms with Crippen LogP contribution in [0.2, 0.25) is 0 Å². The highest BCUT2D eigenvalue weighted by molar-refractivity contribution is 5.25. The predicted molar refractivity (Wildman–Crippen MR) is 93.1 cm³/mol. The minimum absolute atomic E-state index is 0.189. The highest BCUT2D eigenvalue weighted by Crippen LogP contribution is 2.33. The fourth-order valence-electron chi connectivity index (χ4n) is 2.97. The van der Waals surface area contributed by atoms with Crippen molar-refractivity contribution in [2.24, 2.45) is 0 Å². The molecule has 1 aromatic rings. The molecular formula is C19H36N2. The van der Waals surface area contributed by atoms with Crippen molar-refractivity contribution in [2.75, 3.05) is 0 Å². The first-order valence-corrected chi connectivity index (χ1v) is 9.01. The van der Waals surface area contributed by atoms with Gasteiger partial charge in [-0.3, -0.25) is 0 Å². The van der Waals surface area contributed by atoms with Gasteiger partial charge in [0.1, 0.15) is 5.82 Å². The zero-order valence-corrected chi connectivity index (χ0v) is 15.2. The summed E-state index contributed by atoms with van der Waals surface area (Å²) in [4.78, 5) is 8.62. The topological polar surface area (TPSA) is 28.7 Å². The molecule has 0 aliphatic carbocycles. The predicted octanol–water partition coefficient (Wildman–Crippen LogP) is 6.12. The van der Waals surface area contributed by atoms with E-state index in [-0.39, 0.29) is 5.41 Å². The number of hydrogen-bond donors (Lipinski definition) is 1. The maximum Gasteiger partial charge on any atom is 0.106 e. The fraction of sp³-hybridized carbons (Fsp3) is 0.842. The maximum absolute atomic E-state index is 5.00. The molecule has 0 unspecified atom stereocenters. The zero-order valence-electron chi connectivity index (χ0n) is 15.2. The van der Waals surface area contributed by atoms with Gasteiger partial charge >= 0.3 is 0 Å². The molecule has 0 amide bonds. The normalized spacial score (nSPS) is 12.3. The van der Waals surface area contributed by atoms with Crippen LogP contribution in [0, 0.1) is 0 Å². The van der Waals surface area contributed by atoms with Gasteiger partial charge in [-0.2, -0.15) is 0 Å². The molecule has 0 saturated carbocycles. The molecule has 0 aromatic carbocycles. The van der Waals surface area contributed by atoms with E-state index in [2.05, 4.69) is 46.5 Å². The third-order valence-corrected chi connectivity index (χ3v) is 4.42. The summed E-state index contributed by atoms with van der Waals surface area (Å²) in [5.41, 5.74) is 2.87. The van der Waals surface area contributed by atoms with E-state index in [0.717, 1.165) is 6.42 Å². The lowest BCUT2D eigenvalue weighted by Crippen LogP contribution is -2.20. The van der Waals surface area contributed by atoms with E-state index < -0.39 is 0 Å². The lowest BCUT2D eigenvalue weighted by Gasteiger charge is -2.25. The van der Waals surface area contributed by atoms with Gasteiger partial charge in [0.05, 0.1) is 5.69 Å². The van der Waals surface area contributed by atoms with Gasteiger partial charge in [-0.05, 0) is 18.8 Å². The molecule has 0 aliphatic rings. The van der Waals surface area contributed by atoms with Gasteiger partial charge in [0, 0.05) is 17.5 Å². The van der Waals surface area contributed by atoms with E-state index in [4.69, 9.17) is 4.98 Å². The lowest BCUT2D eigenvalue weighted by atomic mass is 9.81. The summed E-state index contributed by atoms with van der Waals surface area (Å²) in [5, 5.41) is 0. The first-order valence-electron chi connectivity index (χ1n) is 9.01. The van der Waals surface area contributed by atoms with E-state index >= 15 is 0 Å². The Morgan fingerprint density at radius 1 is 1.00 bits per heavy atom. The van der Waals surface area contributed by atoms with Crippen molar-refractivity contribution in [2.45, 2.75) is 104 Å². The average molecular weight is 293 g/mol. The number of rotatable bonds is 10. The second-order valence-electron chi connectivity index (χ2n) is 7.40. The van der Waals surface area contributed by atoms with Crippen LogP contribution >= 0.6 is 0 Å². The zero-order chi connectivity index (χ0) is 15.9. The van der Waals surface area contributed by atoms with Gasteiger partial charge in [-0.25, -0.2) is 4.98 Å². The summed E-state index contributed by atoms with van der Waals surface area (Å²) in [6.45, 7) is 13.8. The summed E-state index contributed by atoms with van der Waals surface area (Å²) in [6.07, 6.45) is 10.1. The molecule has 0 saturated heterocycles. The first-order chi connectivity index (χ1) is 9.92. The van der Waals surface area contributed by atoms with Crippen LogP contribution in [0.25, 0.3) is 0 Å². The lowest BCUT2D eigenvalue weighted by molar-refractivity contribution is 0.434. The van der Waals surface area contributed by atoms with Crippen LogP contribution in [-0.4, -0.2) is 9.97 Å². The van der Waals surface area contributed by atoms with Crippen molar-refractivity contribution in [3.8, 4) is 0 Å². The van der Waals surface area contributed by atoms with Gasteiger partial charge in [0.25, 0.3) is 0 Å². The number of aryl methyl sites for hydroxylation is 1. The summed E-state index contributed by atoms with van der Waals surface area (Å²) < 4.78 is 0. The monoisotopic (exact) mass is 292 g/mol. The molecule has 122 valence electrons. The number of hydrogen-bond acceptors (Lipinski definition) is 1. The van der Waals surface area contributed by atoms with Gasteiger partial charge in [0.15, 0.2) is 0 Å². The van der Waals surface area contributed by atoms with Gasteiger partial charge < -0.3 is 4.98 Å². The second kappa shape index (κ2) is 8.60. The molecule has 2 nitrogen and oxygen atoms in total. The molecule has 1 rings (SSSR count). The van der Waals surface area contributed by atoms with E-state index in [9.17, 15) is 0 Å². The van der Waals surface area contributed by atoms with Crippen LogP contribution in [-0.2, 0) is 11.8 Å².